The predicted octanol–water partition coefficient (Wildman–Crippen LogP) is 1.88. The van der Waals surface area contributed by atoms with E-state index in [1.54, 1.807) is 20.2 Å². The van der Waals surface area contributed by atoms with Crippen molar-refractivity contribution in [3.63, 3.8) is 0 Å². The third-order valence-electron chi connectivity index (χ3n) is 4.50. The number of benzene rings is 1. The fourth-order valence-electron chi connectivity index (χ4n) is 2.87. The van der Waals surface area contributed by atoms with Gasteiger partial charge in [-0.2, -0.15) is 21.6 Å². The first-order chi connectivity index (χ1) is 13.5. The number of carbonyl (C=O) groups is 1. The molecule has 0 bridgehead atoms. The molecule has 0 N–H and O–H groups in total. The van der Waals surface area contributed by atoms with E-state index in [1.165, 1.54) is 17.0 Å². The van der Waals surface area contributed by atoms with E-state index in [0.29, 0.717) is 44.2 Å². The monoisotopic (exact) mass is 438 g/mol. The molecule has 11 heteroatoms. The summed E-state index contributed by atoms with van der Waals surface area (Å²) in [6.45, 7) is 2.67. The lowest BCUT2D eigenvalue weighted by atomic mass is 10.1. The van der Waals surface area contributed by atoms with Crippen molar-refractivity contribution < 1.29 is 35.3 Å². The fraction of sp³-hybridized carbons (Fsp3) is 0.611. The number of nitrogens with zero attached hydrogens (tertiary/aromatic N) is 2. The van der Waals surface area contributed by atoms with E-state index in [-0.39, 0.29) is 12.5 Å². The Hall–Kier alpha value is -1.85. The first kappa shape index (κ1) is 23.4. The van der Waals surface area contributed by atoms with Crippen LogP contribution < -0.4 is 4.18 Å². The second-order valence-corrected chi connectivity index (χ2v) is 8.67. The largest absolute Gasteiger partial charge is 0.534 e. The van der Waals surface area contributed by atoms with E-state index in [2.05, 4.69) is 4.18 Å². The third kappa shape index (κ3) is 7.16. The first-order valence-electron chi connectivity index (χ1n) is 9.08. The van der Waals surface area contributed by atoms with Crippen molar-refractivity contribution >= 4 is 16.0 Å². The Morgan fingerprint density at radius 1 is 1.31 bits per heavy atom. The summed E-state index contributed by atoms with van der Waals surface area (Å²) >= 11 is 0. The molecule has 1 amide bonds. The number of likely N-dealkylation sites (N-methyl/N-ethyl adjacent to an activating group) is 1. The number of halogens is 3. The summed E-state index contributed by atoms with van der Waals surface area (Å²) in [5, 5.41) is 0. The highest BCUT2D eigenvalue weighted by molar-refractivity contribution is 7.88. The number of ether oxygens (including phenoxy) is 1. The molecule has 0 saturated carbocycles. The highest BCUT2D eigenvalue weighted by Crippen LogP contribution is 2.27. The molecule has 1 aliphatic heterocycles. The molecular weight excluding hydrogens is 413 g/mol. The Labute approximate surface area is 168 Å². The van der Waals surface area contributed by atoms with E-state index >= 15 is 0 Å². The fourth-order valence-corrected chi connectivity index (χ4v) is 3.33. The van der Waals surface area contributed by atoms with Gasteiger partial charge in [-0.1, -0.05) is 12.1 Å². The molecule has 0 aliphatic carbocycles. The van der Waals surface area contributed by atoms with Crippen LogP contribution in [0.5, 0.6) is 5.75 Å². The second-order valence-electron chi connectivity index (χ2n) is 7.13. The van der Waals surface area contributed by atoms with Gasteiger partial charge in [0.25, 0.3) is 0 Å². The van der Waals surface area contributed by atoms with Gasteiger partial charge in [-0.15, -0.1) is 0 Å². The minimum atomic E-state index is -5.71. The van der Waals surface area contributed by atoms with Crippen molar-refractivity contribution in [2.45, 2.75) is 18.3 Å². The van der Waals surface area contributed by atoms with Gasteiger partial charge >= 0.3 is 15.6 Å². The molecule has 0 spiro atoms. The number of rotatable bonds is 9. The molecule has 1 heterocycles. The normalized spacial score (nSPS) is 17.5. The quantitative estimate of drug-likeness (QED) is 0.433. The molecular formula is C18H25F3N2O5S. The third-order valence-corrected chi connectivity index (χ3v) is 5.48. The molecule has 1 aliphatic rings. The standard InChI is InChI=1S/C18H25F3N2O5S/c1-22(2)17(24)12-23(11-15-7-9-27-13-15)8-6-14-4-3-5-16(10-14)28-29(25,26)18(19,20)21/h3-5,10,15H,6-9,11-13H2,1-2H3. The van der Waals surface area contributed by atoms with Crippen molar-refractivity contribution in [1.82, 2.24) is 9.80 Å². The van der Waals surface area contributed by atoms with Crippen LogP contribution in [0.1, 0.15) is 12.0 Å². The Morgan fingerprint density at radius 2 is 2.03 bits per heavy atom. The Kier molecular flexibility index (Phi) is 7.89. The minimum absolute atomic E-state index is 0.0581. The highest BCUT2D eigenvalue weighted by Gasteiger charge is 2.48. The minimum Gasteiger partial charge on any atom is -0.381 e. The van der Waals surface area contributed by atoms with Gasteiger partial charge in [-0.25, -0.2) is 0 Å². The molecule has 7 nitrogen and oxygen atoms in total. The van der Waals surface area contributed by atoms with Crippen LogP contribution in [0.15, 0.2) is 24.3 Å². The maximum Gasteiger partial charge on any atom is 0.534 e. The van der Waals surface area contributed by atoms with Crippen LogP contribution in [0.25, 0.3) is 0 Å². The average Bonchev–Trinajstić information content (AvgIpc) is 3.11. The molecule has 1 aromatic rings. The molecule has 1 unspecified atom stereocenters. The van der Waals surface area contributed by atoms with Crippen LogP contribution in [-0.4, -0.2) is 76.6 Å². The number of hydrogen-bond acceptors (Lipinski definition) is 6. The first-order valence-corrected chi connectivity index (χ1v) is 10.5. The van der Waals surface area contributed by atoms with Crippen molar-refractivity contribution in [2.24, 2.45) is 5.92 Å². The summed E-state index contributed by atoms with van der Waals surface area (Å²) in [4.78, 5) is 15.6. The van der Waals surface area contributed by atoms with E-state index in [9.17, 15) is 26.4 Å². The van der Waals surface area contributed by atoms with E-state index in [0.717, 1.165) is 12.5 Å². The number of hydrogen-bond donors (Lipinski definition) is 0. The van der Waals surface area contributed by atoms with Gasteiger partial charge in [-0.05, 0) is 36.5 Å². The van der Waals surface area contributed by atoms with Crippen LogP contribution in [0.3, 0.4) is 0 Å². The van der Waals surface area contributed by atoms with Gasteiger partial charge in [0, 0.05) is 33.8 Å². The van der Waals surface area contributed by atoms with Crippen molar-refractivity contribution in [1.29, 1.82) is 0 Å². The van der Waals surface area contributed by atoms with E-state index < -0.39 is 21.4 Å². The molecule has 2 rings (SSSR count). The summed E-state index contributed by atoms with van der Waals surface area (Å²) in [6, 6.07) is 5.50. The van der Waals surface area contributed by atoms with Gasteiger partial charge in [0.1, 0.15) is 5.75 Å². The lowest BCUT2D eigenvalue weighted by molar-refractivity contribution is -0.130. The van der Waals surface area contributed by atoms with Crippen molar-refractivity contribution in [2.75, 3.05) is 46.9 Å². The van der Waals surface area contributed by atoms with Crippen LogP contribution in [-0.2, 0) is 26.1 Å². The smallest absolute Gasteiger partial charge is 0.381 e. The van der Waals surface area contributed by atoms with Crippen LogP contribution in [0, 0.1) is 5.92 Å². The molecule has 1 aromatic carbocycles. The predicted molar refractivity (Wildman–Crippen MR) is 99.8 cm³/mol. The number of carbonyl (C=O) groups excluding carboxylic acids is 1. The topological polar surface area (TPSA) is 76.2 Å². The Morgan fingerprint density at radius 3 is 2.62 bits per heavy atom. The lowest BCUT2D eigenvalue weighted by Gasteiger charge is -2.26. The SMILES string of the molecule is CN(C)C(=O)CN(CCc1cccc(OS(=O)(=O)C(F)(F)F)c1)CC1CCOC1. The van der Waals surface area contributed by atoms with Gasteiger partial charge in [0.2, 0.25) is 5.91 Å². The van der Waals surface area contributed by atoms with Crippen molar-refractivity contribution in [3.05, 3.63) is 29.8 Å². The molecule has 164 valence electrons. The number of alkyl halides is 3. The zero-order valence-electron chi connectivity index (χ0n) is 16.3. The molecule has 0 aromatic heterocycles. The van der Waals surface area contributed by atoms with Crippen LogP contribution >= 0.6 is 0 Å². The molecule has 1 saturated heterocycles. The molecule has 29 heavy (non-hydrogen) atoms. The van der Waals surface area contributed by atoms with Gasteiger partial charge in [0.15, 0.2) is 0 Å². The van der Waals surface area contributed by atoms with Crippen molar-refractivity contribution in [3.8, 4) is 5.75 Å². The Bertz CT molecular complexity index is 793. The summed E-state index contributed by atoms with van der Waals surface area (Å²) in [6.07, 6.45) is 1.32. The zero-order chi connectivity index (χ0) is 21.7. The summed E-state index contributed by atoms with van der Waals surface area (Å²) in [7, 11) is -2.38. The molecule has 0 radical (unpaired) electrons. The second kappa shape index (κ2) is 9.77. The van der Waals surface area contributed by atoms with Gasteiger partial charge < -0.3 is 13.8 Å². The molecule has 1 atom stereocenters. The van der Waals surface area contributed by atoms with Gasteiger partial charge in [-0.3, -0.25) is 9.69 Å². The van der Waals surface area contributed by atoms with Crippen LogP contribution in [0.4, 0.5) is 13.2 Å². The molecule has 1 fully saturated rings. The number of amides is 1. The average molecular weight is 438 g/mol. The summed E-state index contributed by atoms with van der Waals surface area (Å²) in [5.41, 5.74) is -4.89. The maximum absolute atomic E-state index is 12.5. The highest BCUT2D eigenvalue weighted by atomic mass is 32.2. The maximum atomic E-state index is 12.5. The summed E-state index contributed by atoms with van der Waals surface area (Å²) in [5.74, 6) is -0.145. The summed E-state index contributed by atoms with van der Waals surface area (Å²) < 4.78 is 69.3. The zero-order valence-corrected chi connectivity index (χ0v) is 17.1. The van der Waals surface area contributed by atoms with Gasteiger partial charge in [0.05, 0.1) is 13.2 Å². The Balaban J connectivity index is 2.03. The van der Waals surface area contributed by atoms with E-state index in [1.807, 2.05) is 4.90 Å². The van der Waals surface area contributed by atoms with E-state index in [4.69, 9.17) is 4.74 Å². The lowest BCUT2D eigenvalue weighted by Crippen LogP contribution is -2.40. The van der Waals surface area contributed by atoms with Crippen LogP contribution in [0.2, 0.25) is 0 Å².